The van der Waals surface area contributed by atoms with Crippen molar-refractivity contribution in [2.75, 3.05) is 13.2 Å². The largest absolute Gasteiger partial charge is 0.394 e. The second kappa shape index (κ2) is 12.6. The molecule has 0 aromatic carbocycles. The van der Waals surface area contributed by atoms with Crippen LogP contribution in [0, 0.1) is 5.92 Å². The Morgan fingerprint density at radius 2 is 1.48 bits per heavy atom. The van der Waals surface area contributed by atoms with Crippen LogP contribution in [0.3, 0.4) is 0 Å². The Kier molecular flexibility index (Phi) is 13.3. The van der Waals surface area contributed by atoms with E-state index in [0.717, 1.165) is 32.2 Å². The molecule has 0 saturated heterocycles. The van der Waals surface area contributed by atoms with Gasteiger partial charge in [0.05, 0.1) is 12.1 Å². The molecule has 0 rings (SSSR count). The smallest absolute Gasteiger partial charge is 0.217 e. The van der Waals surface area contributed by atoms with E-state index in [1.807, 2.05) is 13.8 Å². The standard InChI is InChI=1S/C8H17NO2.C8H17NO/c1-4-8(5-2,6-10)9-7(3)11;1-4-8(5-2)6-9-7(3)10/h10H,4-6H2,1-3H3,(H,9,11);8H,4-6H2,1-3H3,(H,9,10). The van der Waals surface area contributed by atoms with Gasteiger partial charge in [-0.2, -0.15) is 0 Å². The molecule has 0 radical (unpaired) electrons. The zero-order chi connectivity index (χ0) is 16.9. The van der Waals surface area contributed by atoms with Gasteiger partial charge in [0.2, 0.25) is 11.8 Å². The first-order valence-corrected chi connectivity index (χ1v) is 7.94. The first kappa shape index (κ1) is 22.2. The molecule has 0 saturated carbocycles. The molecular formula is C16H34N2O3. The van der Waals surface area contributed by atoms with Crippen molar-refractivity contribution in [3.05, 3.63) is 0 Å². The molecule has 5 nitrogen and oxygen atoms in total. The summed E-state index contributed by atoms with van der Waals surface area (Å²) in [4.78, 5) is 21.2. The third kappa shape index (κ3) is 11.3. The van der Waals surface area contributed by atoms with Crippen LogP contribution < -0.4 is 10.6 Å². The maximum absolute atomic E-state index is 10.7. The monoisotopic (exact) mass is 302 g/mol. The zero-order valence-corrected chi connectivity index (χ0v) is 14.6. The Labute approximate surface area is 129 Å². The van der Waals surface area contributed by atoms with E-state index >= 15 is 0 Å². The third-order valence-electron chi connectivity index (χ3n) is 3.89. The summed E-state index contributed by atoms with van der Waals surface area (Å²) in [6.07, 6.45) is 3.83. The number of aliphatic hydroxyl groups is 1. The molecule has 3 N–H and O–H groups in total. The highest BCUT2D eigenvalue weighted by molar-refractivity contribution is 5.73. The van der Waals surface area contributed by atoms with Gasteiger partial charge in [-0.25, -0.2) is 0 Å². The van der Waals surface area contributed by atoms with E-state index in [2.05, 4.69) is 24.5 Å². The number of carbonyl (C=O) groups is 2. The van der Waals surface area contributed by atoms with Crippen LogP contribution in [-0.2, 0) is 9.59 Å². The minimum absolute atomic E-state index is 0.0135. The fourth-order valence-electron chi connectivity index (χ4n) is 1.93. The first-order chi connectivity index (χ1) is 9.80. The first-order valence-electron chi connectivity index (χ1n) is 7.94. The van der Waals surface area contributed by atoms with Crippen LogP contribution in [-0.4, -0.2) is 35.6 Å². The van der Waals surface area contributed by atoms with E-state index in [9.17, 15) is 9.59 Å². The fourth-order valence-corrected chi connectivity index (χ4v) is 1.93. The lowest BCUT2D eigenvalue weighted by atomic mass is 9.94. The molecular weight excluding hydrogens is 268 g/mol. The van der Waals surface area contributed by atoms with E-state index in [-0.39, 0.29) is 18.4 Å². The Morgan fingerprint density at radius 1 is 1.00 bits per heavy atom. The van der Waals surface area contributed by atoms with Gasteiger partial charge in [0.1, 0.15) is 0 Å². The summed E-state index contributed by atoms with van der Waals surface area (Å²) in [6, 6.07) is 0. The van der Waals surface area contributed by atoms with E-state index in [1.165, 1.54) is 6.92 Å². The molecule has 0 aromatic heterocycles. The quantitative estimate of drug-likeness (QED) is 0.643. The van der Waals surface area contributed by atoms with Crippen LogP contribution in [0.1, 0.15) is 67.2 Å². The second-order valence-electron chi connectivity index (χ2n) is 5.45. The van der Waals surface area contributed by atoms with Gasteiger partial charge >= 0.3 is 0 Å². The summed E-state index contributed by atoms with van der Waals surface area (Å²) in [5.41, 5.74) is -0.397. The molecule has 21 heavy (non-hydrogen) atoms. The normalized spacial score (nSPS) is 10.7. The molecule has 0 heterocycles. The Hall–Kier alpha value is -1.10. The molecule has 2 amide bonds. The van der Waals surface area contributed by atoms with Gasteiger partial charge in [-0.3, -0.25) is 9.59 Å². The van der Waals surface area contributed by atoms with Gasteiger partial charge in [-0.15, -0.1) is 0 Å². The molecule has 0 fully saturated rings. The second-order valence-corrected chi connectivity index (χ2v) is 5.45. The predicted molar refractivity (Wildman–Crippen MR) is 87.0 cm³/mol. The topological polar surface area (TPSA) is 78.4 Å². The van der Waals surface area contributed by atoms with Gasteiger partial charge in [0, 0.05) is 20.4 Å². The molecule has 0 aromatic rings. The van der Waals surface area contributed by atoms with Gasteiger partial charge in [0.25, 0.3) is 0 Å². The number of hydrogen-bond donors (Lipinski definition) is 3. The molecule has 126 valence electrons. The van der Waals surface area contributed by atoms with Crippen LogP contribution in [0.4, 0.5) is 0 Å². The third-order valence-corrected chi connectivity index (χ3v) is 3.89. The van der Waals surface area contributed by atoms with Crippen LogP contribution in [0.5, 0.6) is 0 Å². The van der Waals surface area contributed by atoms with Crippen molar-refractivity contribution in [3.8, 4) is 0 Å². The van der Waals surface area contributed by atoms with Crippen LogP contribution in [0.25, 0.3) is 0 Å². The van der Waals surface area contributed by atoms with Crippen molar-refractivity contribution < 1.29 is 14.7 Å². The van der Waals surface area contributed by atoms with Crippen molar-refractivity contribution in [2.24, 2.45) is 5.92 Å². The molecule has 0 aliphatic carbocycles. The molecule has 0 aliphatic rings. The Bertz CT molecular complexity index is 277. The molecule has 0 bridgehead atoms. The number of nitrogens with one attached hydrogen (secondary N) is 2. The number of hydrogen-bond acceptors (Lipinski definition) is 3. The summed E-state index contributed by atoms with van der Waals surface area (Å²) in [7, 11) is 0. The summed E-state index contributed by atoms with van der Waals surface area (Å²) < 4.78 is 0. The van der Waals surface area contributed by atoms with Crippen molar-refractivity contribution in [1.29, 1.82) is 0 Å². The summed E-state index contributed by atoms with van der Waals surface area (Å²) in [5.74, 6) is 0.651. The Morgan fingerprint density at radius 3 is 1.67 bits per heavy atom. The van der Waals surface area contributed by atoms with Gasteiger partial charge in [0.15, 0.2) is 0 Å². The van der Waals surface area contributed by atoms with Gasteiger partial charge in [-0.05, 0) is 18.8 Å². The summed E-state index contributed by atoms with van der Waals surface area (Å²) in [6.45, 7) is 12.1. The lowest BCUT2D eigenvalue weighted by Gasteiger charge is -2.29. The number of amides is 2. The summed E-state index contributed by atoms with van der Waals surface area (Å²) in [5, 5.41) is 14.6. The molecule has 0 atom stereocenters. The fraction of sp³-hybridized carbons (Fsp3) is 0.875. The number of rotatable bonds is 8. The minimum Gasteiger partial charge on any atom is -0.394 e. The average Bonchev–Trinajstić information content (AvgIpc) is 2.46. The molecule has 5 heteroatoms. The van der Waals surface area contributed by atoms with E-state index < -0.39 is 5.54 Å². The Balaban J connectivity index is 0. The number of aliphatic hydroxyl groups excluding tert-OH is 1. The maximum Gasteiger partial charge on any atom is 0.217 e. The molecule has 0 unspecified atom stereocenters. The highest BCUT2D eigenvalue weighted by atomic mass is 16.3. The average molecular weight is 302 g/mol. The number of carbonyl (C=O) groups excluding carboxylic acids is 2. The molecule has 0 aliphatic heterocycles. The lowest BCUT2D eigenvalue weighted by Crippen LogP contribution is -2.49. The zero-order valence-electron chi connectivity index (χ0n) is 14.6. The van der Waals surface area contributed by atoms with Gasteiger partial charge < -0.3 is 15.7 Å². The van der Waals surface area contributed by atoms with Crippen LogP contribution >= 0.6 is 0 Å². The SMILES string of the molecule is CCC(CC)(CO)NC(C)=O.CCC(CC)CNC(C)=O. The molecule has 0 spiro atoms. The highest BCUT2D eigenvalue weighted by Crippen LogP contribution is 2.13. The van der Waals surface area contributed by atoms with Crippen LogP contribution in [0.2, 0.25) is 0 Å². The van der Waals surface area contributed by atoms with E-state index in [1.54, 1.807) is 6.92 Å². The van der Waals surface area contributed by atoms with E-state index in [0.29, 0.717) is 5.92 Å². The highest BCUT2D eigenvalue weighted by Gasteiger charge is 2.25. The maximum atomic E-state index is 10.7. The van der Waals surface area contributed by atoms with Crippen molar-refractivity contribution in [1.82, 2.24) is 10.6 Å². The van der Waals surface area contributed by atoms with Crippen LogP contribution in [0.15, 0.2) is 0 Å². The van der Waals surface area contributed by atoms with Gasteiger partial charge in [-0.1, -0.05) is 40.5 Å². The summed E-state index contributed by atoms with van der Waals surface area (Å²) >= 11 is 0. The minimum atomic E-state index is -0.397. The lowest BCUT2D eigenvalue weighted by molar-refractivity contribution is -0.121. The van der Waals surface area contributed by atoms with Crippen molar-refractivity contribution in [2.45, 2.75) is 72.8 Å². The predicted octanol–water partition coefficient (Wildman–Crippen LogP) is 2.23. The van der Waals surface area contributed by atoms with Crippen molar-refractivity contribution in [3.63, 3.8) is 0 Å². The van der Waals surface area contributed by atoms with E-state index in [4.69, 9.17) is 5.11 Å². The van der Waals surface area contributed by atoms with Crippen molar-refractivity contribution >= 4 is 11.8 Å².